The zero-order valence-corrected chi connectivity index (χ0v) is 14.2. The summed E-state index contributed by atoms with van der Waals surface area (Å²) in [6.07, 6.45) is 15.2. The Hall–Kier alpha value is -1.06. The van der Waals surface area contributed by atoms with Crippen molar-refractivity contribution in [3.8, 4) is 0 Å². The number of esters is 1. The third-order valence-electron chi connectivity index (χ3n) is 4.28. The molecule has 1 aliphatic rings. The summed E-state index contributed by atoms with van der Waals surface area (Å²) in [5.41, 5.74) is 0. The van der Waals surface area contributed by atoms with Crippen LogP contribution >= 0.6 is 0 Å². The molecule has 0 aromatic rings. The Morgan fingerprint density at radius 2 is 1.55 bits per heavy atom. The third kappa shape index (κ3) is 9.06. The minimum atomic E-state index is -0.403. The summed E-state index contributed by atoms with van der Waals surface area (Å²) in [7, 11) is 0. The van der Waals surface area contributed by atoms with E-state index in [2.05, 4.69) is 12.2 Å². The van der Waals surface area contributed by atoms with Crippen LogP contribution in [0, 0.1) is 0 Å². The summed E-state index contributed by atoms with van der Waals surface area (Å²) in [6, 6.07) is -0.403. The summed E-state index contributed by atoms with van der Waals surface area (Å²) >= 11 is 0. The SMILES string of the molecule is CCCCCCCCCCCCCC(=O)N[C@H]1CCOC1=O. The molecular weight excluding hydrogens is 278 g/mol. The zero-order chi connectivity index (χ0) is 16.0. The molecule has 0 unspecified atom stereocenters. The Labute approximate surface area is 135 Å². The molecule has 4 nitrogen and oxygen atoms in total. The van der Waals surface area contributed by atoms with Gasteiger partial charge in [-0.2, -0.15) is 0 Å². The molecule has 1 atom stereocenters. The zero-order valence-electron chi connectivity index (χ0n) is 14.2. The van der Waals surface area contributed by atoms with Crippen LogP contribution in [0.3, 0.4) is 0 Å². The lowest BCUT2D eigenvalue weighted by atomic mass is 10.1. The molecular formula is C18H33NO3. The predicted octanol–water partition coefficient (Wildman–Crippen LogP) is 4.12. The van der Waals surface area contributed by atoms with Crippen LogP contribution in [0.5, 0.6) is 0 Å². The quantitative estimate of drug-likeness (QED) is 0.411. The first kappa shape index (κ1) is 19.0. The van der Waals surface area contributed by atoms with Crippen molar-refractivity contribution < 1.29 is 14.3 Å². The van der Waals surface area contributed by atoms with E-state index in [1.165, 1.54) is 57.8 Å². The van der Waals surface area contributed by atoms with E-state index >= 15 is 0 Å². The van der Waals surface area contributed by atoms with Crippen LogP contribution in [0.15, 0.2) is 0 Å². The number of unbranched alkanes of at least 4 members (excludes halogenated alkanes) is 10. The number of hydrogen-bond acceptors (Lipinski definition) is 3. The van der Waals surface area contributed by atoms with Gasteiger partial charge in [0.15, 0.2) is 0 Å². The van der Waals surface area contributed by atoms with Gasteiger partial charge >= 0.3 is 5.97 Å². The molecule has 0 radical (unpaired) electrons. The Morgan fingerprint density at radius 3 is 2.05 bits per heavy atom. The smallest absolute Gasteiger partial charge is 0.328 e. The monoisotopic (exact) mass is 311 g/mol. The maximum atomic E-state index is 11.7. The van der Waals surface area contributed by atoms with Crippen molar-refractivity contribution in [3.05, 3.63) is 0 Å². The Morgan fingerprint density at radius 1 is 1.00 bits per heavy atom. The molecule has 0 aromatic carbocycles. The fraction of sp³-hybridized carbons (Fsp3) is 0.889. The predicted molar refractivity (Wildman–Crippen MR) is 88.6 cm³/mol. The van der Waals surface area contributed by atoms with Gasteiger partial charge < -0.3 is 10.1 Å². The molecule has 1 amide bonds. The number of cyclic esters (lactones) is 1. The standard InChI is InChI=1S/C18H33NO3/c1-2-3-4-5-6-7-8-9-10-11-12-13-17(20)19-16-14-15-22-18(16)21/h16H,2-15H2,1H3,(H,19,20)/t16-/m0/s1. The summed E-state index contributed by atoms with van der Waals surface area (Å²) < 4.78 is 4.82. The van der Waals surface area contributed by atoms with Crippen molar-refractivity contribution >= 4 is 11.9 Å². The fourth-order valence-electron chi connectivity index (χ4n) is 2.84. The molecule has 1 aliphatic heterocycles. The molecule has 0 spiro atoms. The van der Waals surface area contributed by atoms with Gasteiger partial charge in [-0.3, -0.25) is 4.79 Å². The lowest BCUT2D eigenvalue weighted by molar-refractivity contribution is -0.141. The van der Waals surface area contributed by atoms with E-state index in [0.717, 1.165) is 12.8 Å². The molecule has 0 aromatic heterocycles. The van der Waals surface area contributed by atoms with E-state index in [4.69, 9.17) is 4.74 Å². The number of nitrogens with one attached hydrogen (secondary N) is 1. The van der Waals surface area contributed by atoms with E-state index in [1.807, 2.05) is 0 Å². The van der Waals surface area contributed by atoms with Crippen LogP contribution in [-0.2, 0) is 14.3 Å². The number of amides is 1. The maximum absolute atomic E-state index is 11.7. The van der Waals surface area contributed by atoms with Gasteiger partial charge in [0, 0.05) is 12.8 Å². The van der Waals surface area contributed by atoms with Crippen molar-refractivity contribution in [2.24, 2.45) is 0 Å². The van der Waals surface area contributed by atoms with Gasteiger partial charge in [0.2, 0.25) is 5.91 Å². The van der Waals surface area contributed by atoms with Crippen molar-refractivity contribution in [1.29, 1.82) is 0 Å². The van der Waals surface area contributed by atoms with Gasteiger partial charge in [-0.25, -0.2) is 4.79 Å². The largest absolute Gasteiger partial charge is 0.464 e. The van der Waals surface area contributed by atoms with Gasteiger partial charge in [0.25, 0.3) is 0 Å². The van der Waals surface area contributed by atoms with Gasteiger partial charge in [-0.1, -0.05) is 71.1 Å². The molecule has 0 aliphatic carbocycles. The van der Waals surface area contributed by atoms with Gasteiger partial charge in [-0.15, -0.1) is 0 Å². The highest BCUT2D eigenvalue weighted by atomic mass is 16.5. The van der Waals surface area contributed by atoms with Crippen LogP contribution in [0.2, 0.25) is 0 Å². The number of hydrogen-bond donors (Lipinski definition) is 1. The second kappa shape index (κ2) is 12.5. The van der Waals surface area contributed by atoms with E-state index < -0.39 is 6.04 Å². The Balaban J connectivity index is 1.83. The topological polar surface area (TPSA) is 55.4 Å². The van der Waals surface area contributed by atoms with E-state index in [1.54, 1.807) is 0 Å². The average Bonchev–Trinajstić information content (AvgIpc) is 2.90. The molecule has 4 heteroatoms. The Bertz CT molecular complexity index is 317. The van der Waals surface area contributed by atoms with Gasteiger partial charge in [0.05, 0.1) is 6.61 Å². The summed E-state index contributed by atoms with van der Waals surface area (Å²) in [4.78, 5) is 22.9. The van der Waals surface area contributed by atoms with Crippen LogP contribution in [-0.4, -0.2) is 24.5 Å². The lowest BCUT2D eigenvalue weighted by Gasteiger charge is -2.08. The second-order valence-electron chi connectivity index (χ2n) is 6.36. The second-order valence-corrected chi connectivity index (χ2v) is 6.36. The summed E-state index contributed by atoms with van der Waals surface area (Å²) in [6.45, 7) is 2.68. The van der Waals surface area contributed by atoms with Crippen LogP contribution < -0.4 is 5.32 Å². The van der Waals surface area contributed by atoms with Crippen molar-refractivity contribution in [2.75, 3.05) is 6.61 Å². The lowest BCUT2D eigenvalue weighted by Crippen LogP contribution is -2.37. The maximum Gasteiger partial charge on any atom is 0.328 e. The number of ether oxygens (including phenoxy) is 1. The summed E-state index contributed by atoms with van der Waals surface area (Å²) in [5, 5.41) is 2.75. The highest BCUT2D eigenvalue weighted by Crippen LogP contribution is 2.12. The van der Waals surface area contributed by atoms with Gasteiger partial charge in [0.1, 0.15) is 6.04 Å². The highest BCUT2D eigenvalue weighted by Gasteiger charge is 2.27. The first-order valence-electron chi connectivity index (χ1n) is 9.20. The van der Waals surface area contributed by atoms with Crippen LogP contribution in [0.25, 0.3) is 0 Å². The van der Waals surface area contributed by atoms with E-state index in [-0.39, 0.29) is 11.9 Å². The molecule has 128 valence electrons. The van der Waals surface area contributed by atoms with Crippen molar-refractivity contribution in [1.82, 2.24) is 5.32 Å². The third-order valence-corrected chi connectivity index (χ3v) is 4.28. The first-order chi connectivity index (χ1) is 10.7. The average molecular weight is 311 g/mol. The van der Waals surface area contributed by atoms with E-state index in [9.17, 15) is 9.59 Å². The molecule has 1 fully saturated rings. The molecule has 22 heavy (non-hydrogen) atoms. The fourth-order valence-corrected chi connectivity index (χ4v) is 2.84. The normalized spacial score (nSPS) is 17.5. The molecule has 1 heterocycles. The van der Waals surface area contributed by atoms with Crippen LogP contribution in [0.1, 0.15) is 90.4 Å². The first-order valence-corrected chi connectivity index (χ1v) is 9.20. The van der Waals surface area contributed by atoms with Crippen molar-refractivity contribution in [2.45, 2.75) is 96.4 Å². The molecule has 0 saturated carbocycles. The number of carbonyl (C=O) groups excluding carboxylic acids is 2. The molecule has 0 bridgehead atoms. The van der Waals surface area contributed by atoms with E-state index in [0.29, 0.717) is 19.4 Å². The number of carbonyl (C=O) groups is 2. The minimum absolute atomic E-state index is 0.0141. The number of rotatable bonds is 13. The highest BCUT2D eigenvalue weighted by molar-refractivity contribution is 5.85. The summed E-state index contributed by atoms with van der Waals surface area (Å²) in [5.74, 6) is -0.299. The minimum Gasteiger partial charge on any atom is -0.464 e. The molecule has 1 saturated heterocycles. The molecule has 1 rings (SSSR count). The van der Waals surface area contributed by atoms with Crippen molar-refractivity contribution in [3.63, 3.8) is 0 Å². The molecule has 1 N–H and O–H groups in total. The van der Waals surface area contributed by atoms with Crippen LogP contribution in [0.4, 0.5) is 0 Å². The Kier molecular flexibility index (Phi) is 10.8. The van der Waals surface area contributed by atoms with Gasteiger partial charge in [-0.05, 0) is 6.42 Å².